The summed E-state index contributed by atoms with van der Waals surface area (Å²) in [5.41, 5.74) is 1.88. The van der Waals surface area contributed by atoms with E-state index in [1.165, 1.54) is 42.3 Å². The fraction of sp³-hybridized carbons (Fsp3) is 0.152. The predicted octanol–water partition coefficient (Wildman–Crippen LogP) is 4.50. The van der Waals surface area contributed by atoms with E-state index in [0.29, 0.717) is 39.8 Å². The lowest BCUT2D eigenvalue weighted by Gasteiger charge is -2.33. The average Bonchev–Trinajstić information content (AvgIpc) is 3.60. The van der Waals surface area contributed by atoms with Crippen LogP contribution in [0.2, 0.25) is 0 Å². The number of amides is 3. The molecule has 1 atom stereocenters. The van der Waals surface area contributed by atoms with Crippen LogP contribution in [0.3, 0.4) is 0 Å². The molecule has 2 heterocycles. The normalized spacial score (nSPS) is 13.8. The van der Waals surface area contributed by atoms with Crippen molar-refractivity contribution < 1.29 is 37.8 Å². The molecule has 0 unspecified atom stereocenters. The first kappa shape index (κ1) is 28.4. The number of methoxy groups -OCH3 is 1. The monoisotopic (exact) mass is 595 g/mol. The zero-order chi connectivity index (χ0) is 30.8. The van der Waals surface area contributed by atoms with Gasteiger partial charge in [0.2, 0.25) is 12.7 Å². The molecule has 0 aromatic heterocycles. The van der Waals surface area contributed by atoms with Gasteiger partial charge in [-0.3, -0.25) is 24.1 Å². The van der Waals surface area contributed by atoms with Crippen LogP contribution in [-0.4, -0.2) is 48.9 Å². The van der Waals surface area contributed by atoms with Crippen molar-refractivity contribution in [2.24, 2.45) is 0 Å². The fourth-order valence-electron chi connectivity index (χ4n) is 5.19. The van der Waals surface area contributed by atoms with Crippen molar-refractivity contribution >= 4 is 34.9 Å². The largest absolute Gasteiger partial charge is 0.497 e. The summed E-state index contributed by atoms with van der Waals surface area (Å²) in [6.45, 7) is -0.514. The van der Waals surface area contributed by atoms with Crippen LogP contribution in [0.5, 0.6) is 17.2 Å². The number of ether oxygens (including phenoxy) is 3. The van der Waals surface area contributed by atoms with Gasteiger partial charge in [-0.1, -0.05) is 36.4 Å². The highest BCUT2D eigenvalue weighted by atomic mass is 19.1. The summed E-state index contributed by atoms with van der Waals surface area (Å²) in [6.07, 6.45) is 0. The van der Waals surface area contributed by atoms with Crippen molar-refractivity contribution in [2.75, 3.05) is 30.7 Å². The molecule has 0 fully saturated rings. The molecule has 0 saturated heterocycles. The number of ketones is 1. The second kappa shape index (κ2) is 11.9. The predicted molar refractivity (Wildman–Crippen MR) is 157 cm³/mol. The minimum Gasteiger partial charge on any atom is -0.497 e. The van der Waals surface area contributed by atoms with Gasteiger partial charge in [0, 0.05) is 18.3 Å². The van der Waals surface area contributed by atoms with Crippen molar-refractivity contribution in [1.29, 1.82) is 0 Å². The number of nitrogens with one attached hydrogen (secondary N) is 1. The van der Waals surface area contributed by atoms with Gasteiger partial charge in [-0.2, -0.15) is 0 Å². The van der Waals surface area contributed by atoms with Crippen LogP contribution in [0, 0.1) is 5.82 Å². The summed E-state index contributed by atoms with van der Waals surface area (Å²) >= 11 is 0. The lowest BCUT2D eigenvalue weighted by Crippen LogP contribution is -2.46. The molecule has 0 bridgehead atoms. The zero-order valence-corrected chi connectivity index (χ0v) is 23.5. The van der Waals surface area contributed by atoms with Crippen molar-refractivity contribution in [3.05, 3.63) is 114 Å². The molecule has 6 rings (SSSR count). The van der Waals surface area contributed by atoms with Gasteiger partial charge in [0.15, 0.2) is 11.5 Å². The van der Waals surface area contributed by atoms with E-state index in [1.807, 2.05) is 0 Å². The van der Waals surface area contributed by atoms with E-state index >= 15 is 0 Å². The van der Waals surface area contributed by atoms with Gasteiger partial charge in [-0.05, 0) is 59.7 Å². The second-order valence-electron chi connectivity index (χ2n) is 10.1. The lowest BCUT2D eigenvalue weighted by atomic mass is 10.0. The number of Topliss-reactive ketones (excluding diaryl/α,β-unsaturated/α-hetero) is 1. The van der Waals surface area contributed by atoms with E-state index in [-0.39, 0.29) is 18.9 Å². The standard InChI is InChI=1S/C33H26FN3O7/c1-42-24-13-6-20(7-14-24)17-37(29(38)18-36-26-5-3-2-4-25(26)31(39)33(36)41)30(21-8-10-22(34)11-9-21)32(40)35-23-12-15-27-28(16-23)44-19-43-27/h2-16,30H,17-19H2,1H3,(H,35,40)/t30-/m1/s1. The molecular formula is C33H26FN3O7. The van der Waals surface area contributed by atoms with Crippen LogP contribution >= 0.6 is 0 Å². The van der Waals surface area contributed by atoms with Gasteiger partial charge in [0.1, 0.15) is 24.2 Å². The first-order valence-electron chi connectivity index (χ1n) is 13.7. The Kier molecular flexibility index (Phi) is 7.67. The fourth-order valence-corrected chi connectivity index (χ4v) is 5.19. The number of benzene rings is 4. The third-order valence-electron chi connectivity index (χ3n) is 7.39. The zero-order valence-electron chi connectivity index (χ0n) is 23.5. The Hall–Kier alpha value is -5.71. The number of hydrogen-bond acceptors (Lipinski definition) is 7. The summed E-state index contributed by atoms with van der Waals surface area (Å²) in [5.74, 6) is -1.72. The van der Waals surface area contributed by atoms with Crippen LogP contribution in [0.4, 0.5) is 15.8 Å². The summed E-state index contributed by atoms with van der Waals surface area (Å²) in [7, 11) is 1.53. The van der Waals surface area contributed by atoms with E-state index in [4.69, 9.17) is 14.2 Å². The number of carbonyl (C=O) groups excluding carboxylic acids is 4. The highest BCUT2D eigenvalue weighted by Gasteiger charge is 2.39. The van der Waals surface area contributed by atoms with Crippen molar-refractivity contribution in [3.63, 3.8) is 0 Å². The van der Waals surface area contributed by atoms with E-state index in [9.17, 15) is 23.6 Å². The minimum atomic E-state index is -1.26. The van der Waals surface area contributed by atoms with E-state index < -0.39 is 41.9 Å². The molecule has 0 aliphatic carbocycles. The van der Waals surface area contributed by atoms with E-state index in [1.54, 1.807) is 60.7 Å². The smallest absolute Gasteiger partial charge is 0.299 e. The Morgan fingerprint density at radius 2 is 1.68 bits per heavy atom. The molecule has 0 spiro atoms. The molecule has 4 aromatic rings. The van der Waals surface area contributed by atoms with Crippen molar-refractivity contribution in [3.8, 4) is 17.2 Å². The Morgan fingerprint density at radius 3 is 2.43 bits per heavy atom. The van der Waals surface area contributed by atoms with Gasteiger partial charge in [0.25, 0.3) is 17.6 Å². The summed E-state index contributed by atoms with van der Waals surface area (Å²) in [5, 5.41) is 2.83. The Bertz CT molecular complexity index is 1760. The second-order valence-corrected chi connectivity index (χ2v) is 10.1. The van der Waals surface area contributed by atoms with Gasteiger partial charge in [0.05, 0.1) is 18.4 Å². The SMILES string of the molecule is COc1ccc(CN(C(=O)CN2C(=O)C(=O)c3ccccc32)[C@@H](C(=O)Nc2ccc3c(c2)OCO3)c2ccc(F)cc2)cc1. The third kappa shape index (κ3) is 5.54. The number of hydrogen-bond donors (Lipinski definition) is 1. The minimum absolute atomic E-state index is 0.0515. The van der Waals surface area contributed by atoms with Crippen molar-refractivity contribution in [2.45, 2.75) is 12.6 Å². The summed E-state index contributed by atoms with van der Waals surface area (Å²) in [6, 6.07) is 22.2. The van der Waals surface area contributed by atoms with Gasteiger partial charge in [-0.15, -0.1) is 0 Å². The van der Waals surface area contributed by atoms with Crippen LogP contribution in [-0.2, 0) is 20.9 Å². The maximum atomic E-state index is 14.2. The van der Waals surface area contributed by atoms with Crippen LogP contribution in [0.25, 0.3) is 0 Å². The molecule has 0 saturated carbocycles. The molecule has 4 aromatic carbocycles. The highest BCUT2D eigenvalue weighted by molar-refractivity contribution is 6.52. The first-order chi connectivity index (χ1) is 21.3. The molecule has 0 radical (unpaired) electrons. The molecule has 222 valence electrons. The third-order valence-corrected chi connectivity index (χ3v) is 7.39. The van der Waals surface area contributed by atoms with E-state index in [2.05, 4.69) is 5.32 Å². The molecule has 2 aliphatic rings. The topological polar surface area (TPSA) is 114 Å². The molecule has 11 heteroatoms. The molecule has 10 nitrogen and oxygen atoms in total. The van der Waals surface area contributed by atoms with Gasteiger partial charge >= 0.3 is 0 Å². The molecule has 1 N–H and O–H groups in total. The molecule has 2 aliphatic heterocycles. The number of nitrogens with zero attached hydrogens (tertiary/aromatic N) is 2. The number of para-hydroxylation sites is 1. The maximum absolute atomic E-state index is 14.2. The average molecular weight is 596 g/mol. The van der Waals surface area contributed by atoms with Gasteiger partial charge in [-0.25, -0.2) is 4.39 Å². The van der Waals surface area contributed by atoms with Crippen LogP contribution in [0.1, 0.15) is 27.5 Å². The Morgan fingerprint density at radius 1 is 0.955 bits per heavy atom. The maximum Gasteiger partial charge on any atom is 0.299 e. The Balaban J connectivity index is 1.38. The molecule has 44 heavy (non-hydrogen) atoms. The number of anilines is 2. The van der Waals surface area contributed by atoms with Crippen molar-refractivity contribution in [1.82, 2.24) is 4.90 Å². The molecule has 3 amide bonds. The Labute approximate surface area is 251 Å². The highest BCUT2D eigenvalue weighted by Crippen LogP contribution is 2.35. The lowest BCUT2D eigenvalue weighted by molar-refractivity contribution is -0.139. The number of halogens is 1. The first-order valence-corrected chi connectivity index (χ1v) is 13.7. The number of fused-ring (bicyclic) bond motifs is 2. The summed E-state index contributed by atoms with van der Waals surface area (Å²) in [4.78, 5) is 56.2. The van der Waals surface area contributed by atoms with Crippen LogP contribution in [0.15, 0.2) is 91.0 Å². The van der Waals surface area contributed by atoms with E-state index in [0.717, 1.165) is 4.90 Å². The number of rotatable bonds is 9. The quantitative estimate of drug-likeness (QED) is 0.284. The van der Waals surface area contributed by atoms with Crippen LogP contribution < -0.4 is 24.4 Å². The molecular weight excluding hydrogens is 569 g/mol. The van der Waals surface area contributed by atoms with Gasteiger partial charge < -0.3 is 24.4 Å². The number of carbonyl (C=O) groups is 4. The summed E-state index contributed by atoms with van der Waals surface area (Å²) < 4.78 is 30.0.